The van der Waals surface area contributed by atoms with Gasteiger partial charge in [0.2, 0.25) is 0 Å². The SMILES string of the molecule is CC(C)(C)OC(=O)N1[C@@H](CCC=O)COC1(C)C. The van der Waals surface area contributed by atoms with Gasteiger partial charge in [-0.15, -0.1) is 0 Å². The van der Waals surface area contributed by atoms with Crippen LogP contribution in [0, 0.1) is 0 Å². The average Bonchev–Trinajstić information content (AvgIpc) is 2.48. The van der Waals surface area contributed by atoms with Crippen molar-refractivity contribution < 1.29 is 19.1 Å². The van der Waals surface area contributed by atoms with E-state index in [2.05, 4.69) is 0 Å². The van der Waals surface area contributed by atoms with Gasteiger partial charge in [-0.05, 0) is 41.0 Å². The van der Waals surface area contributed by atoms with E-state index in [-0.39, 0.29) is 12.1 Å². The molecule has 1 heterocycles. The lowest BCUT2D eigenvalue weighted by molar-refractivity contribution is -0.108. The molecule has 0 aromatic rings. The predicted molar refractivity (Wildman–Crippen MR) is 67.2 cm³/mol. The van der Waals surface area contributed by atoms with Gasteiger partial charge in [-0.25, -0.2) is 4.79 Å². The Bertz CT molecular complexity index is 319. The first-order chi connectivity index (χ1) is 8.17. The number of aldehydes is 1. The molecular weight excluding hydrogens is 234 g/mol. The van der Waals surface area contributed by atoms with Crippen LogP contribution in [0.15, 0.2) is 0 Å². The van der Waals surface area contributed by atoms with Crippen molar-refractivity contribution in [2.24, 2.45) is 0 Å². The van der Waals surface area contributed by atoms with E-state index in [1.165, 1.54) is 0 Å². The third kappa shape index (κ3) is 3.70. The van der Waals surface area contributed by atoms with Crippen molar-refractivity contribution in [3.63, 3.8) is 0 Å². The summed E-state index contributed by atoms with van der Waals surface area (Å²) in [6.45, 7) is 9.59. The molecule has 1 amide bonds. The van der Waals surface area contributed by atoms with E-state index in [1.54, 1.807) is 4.90 Å². The van der Waals surface area contributed by atoms with Crippen LogP contribution in [0.3, 0.4) is 0 Å². The van der Waals surface area contributed by atoms with Gasteiger partial charge in [0.1, 0.15) is 17.6 Å². The van der Waals surface area contributed by atoms with Gasteiger partial charge in [0.05, 0.1) is 12.6 Å². The summed E-state index contributed by atoms with van der Waals surface area (Å²) in [4.78, 5) is 24.2. The first-order valence-electron chi connectivity index (χ1n) is 6.27. The van der Waals surface area contributed by atoms with Crippen LogP contribution in [0.4, 0.5) is 4.79 Å². The summed E-state index contributed by atoms with van der Waals surface area (Å²) in [7, 11) is 0. The van der Waals surface area contributed by atoms with Gasteiger partial charge in [0.25, 0.3) is 0 Å². The van der Waals surface area contributed by atoms with Gasteiger partial charge in [0.15, 0.2) is 0 Å². The molecule has 1 rings (SSSR count). The summed E-state index contributed by atoms with van der Waals surface area (Å²) in [5.41, 5.74) is -1.22. The molecule has 5 heteroatoms. The third-order valence-electron chi connectivity index (χ3n) is 2.78. The van der Waals surface area contributed by atoms with E-state index in [9.17, 15) is 9.59 Å². The highest BCUT2D eigenvalue weighted by atomic mass is 16.6. The van der Waals surface area contributed by atoms with Gasteiger partial charge in [-0.1, -0.05) is 0 Å². The molecule has 0 radical (unpaired) electrons. The maximum Gasteiger partial charge on any atom is 0.412 e. The van der Waals surface area contributed by atoms with E-state index in [0.29, 0.717) is 19.4 Å². The van der Waals surface area contributed by atoms with Crippen molar-refractivity contribution in [2.75, 3.05) is 6.61 Å². The van der Waals surface area contributed by atoms with Gasteiger partial charge in [0, 0.05) is 6.42 Å². The molecule has 0 bridgehead atoms. The Morgan fingerprint density at radius 3 is 2.61 bits per heavy atom. The van der Waals surface area contributed by atoms with Crippen LogP contribution in [-0.2, 0) is 14.3 Å². The minimum absolute atomic E-state index is 0.0972. The zero-order chi connectivity index (χ0) is 14.0. The number of carbonyl (C=O) groups excluding carboxylic acids is 2. The molecule has 1 aliphatic heterocycles. The van der Waals surface area contributed by atoms with Crippen molar-refractivity contribution in [1.82, 2.24) is 4.90 Å². The Kier molecular flexibility index (Phi) is 4.37. The molecule has 0 saturated carbocycles. The van der Waals surface area contributed by atoms with Crippen molar-refractivity contribution in [3.8, 4) is 0 Å². The largest absolute Gasteiger partial charge is 0.444 e. The zero-order valence-corrected chi connectivity index (χ0v) is 11.9. The smallest absolute Gasteiger partial charge is 0.412 e. The summed E-state index contributed by atoms with van der Waals surface area (Å²) >= 11 is 0. The van der Waals surface area contributed by atoms with Gasteiger partial charge in [-0.3, -0.25) is 4.90 Å². The molecule has 0 aliphatic carbocycles. The fourth-order valence-electron chi connectivity index (χ4n) is 2.04. The summed E-state index contributed by atoms with van der Waals surface area (Å²) in [5.74, 6) is 0. The van der Waals surface area contributed by atoms with E-state index < -0.39 is 11.3 Å². The lowest BCUT2D eigenvalue weighted by atomic mass is 10.1. The van der Waals surface area contributed by atoms with Crippen molar-refractivity contribution in [1.29, 1.82) is 0 Å². The van der Waals surface area contributed by atoms with Crippen LogP contribution in [0.25, 0.3) is 0 Å². The molecular formula is C13H23NO4. The van der Waals surface area contributed by atoms with Crippen LogP contribution in [0.1, 0.15) is 47.5 Å². The molecule has 1 saturated heterocycles. The topological polar surface area (TPSA) is 55.8 Å². The van der Waals surface area contributed by atoms with Crippen LogP contribution in [0.5, 0.6) is 0 Å². The molecule has 0 N–H and O–H groups in total. The number of carbonyl (C=O) groups is 2. The van der Waals surface area contributed by atoms with E-state index in [4.69, 9.17) is 9.47 Å². The molecule has 0 spiro atoms. The molecule has 1 atom stereocenters. The fraction of sp³-hybridized carbons (Fsp3) is 0.846. The van der Waals surface area contributed by atoms with Gasteiger partial charge >= 0.3 is 6.09 Å². The summed E-state index contributed by atoms with van der Waals surface area (Å²) < 4.78 is 11.0. The summed E-state index contributed by atoms with van der Waals surface area (Å²) in [5, 5.41) is 0. The second kappa shape index (κ2) is 5.26. The highest BCUT2D eigenvalue weighted by Gasteiger charge is 2.45. The number of hydrogen-bond donors (Lipinski definition) is 0. The van der Waals surface area contributed by atoms with Gasteiger partial charge in [-0.2, -0.15) is 0 Å². The van der Waals surface area contributed by atoms with Gasteiger partial charge < -0.3 is 14.3 Å². The minimum Gasteiger partial charge on any atom is -0.444 e. The number of hydrogen-bond acceptors (Lipinski definition) is 4. The van der Waals surface area contributed by atoms with Crippen molar-refractivity contribution in [2.45, 2.75) is 64.8 Å². The van der Waals surface area contributed by atoms with Crippen LogP contribution in [0.2, 0.25) is 0 Å². The predicted octanol–water partition coefficient (Wildman–Crippen LogP) is 2.34. The van der Waals surface area contributed by atoms with E-state index in [0.717, 1.165) is 6.29 Å². The molecule has 0 aromatic heterocycles. The van der Waals surface area contributed by atoms with E-state index in [1.807, 2.05) is 34.6 Å². The Hall–Kier alpha value is -1.10. The zero-order valence-electron chi connectivity index (χ0n) is 11.9. The quantitative estimate of drug-likeness (QED) is 0.728. The number of rotatable bonds is 3. The Labute approximate surface area is 108 Å². The maximum atomic E-state index is 12.2. The van der Waals surface area contributed by atoms with Crippen LogP contribution >= 0.6 is 0 Å². The Morgan fingerprint density at radius 1 is 1.50 bits per heavy atom. The second-order valence-corrected chi connectivity index (χ2v) is 6.01. The molecule has 5 nitrogen and oxygen atoms in total. The highest BCUT2D eigenvalue weighted by molar-refractivity contribution is 5.69. The maximum absolute atomic E-state index is 12.2. The summed E-state index contributed by atoms with van der Waals surface area (Å²) in [6, 6.07) is -0.0972. The molecule has 0 aromatic carbocycles. The summed E-state index contributed by atoms with van der Waals surface area (Å²) in [6.07, 6.45) is 1.50. The fourth-order valence-corrected chi connectivity index (χ4v) is 2.04. The van der Waals surface area contributed by atoms with Crippen LogP contribution in [-0.4, -0.2) is 41.3 Å². The third-order valence-corrected chi connectivity index (χ3v) is 2.78. The number of ether oxygens (including phenoxy) is 2. The molecule has 1 aliphatic rings. The number of amides is 1. The molecule has 18 heavy (non-hydrogen) atoms. The monoisotopic (exact) mass is 257 g/mol. The van der Waals surface area contributed by atoms with Crippen molar-refractivity contribution >= 4 is 12.4 Å². The van der Waals surface area contributed by atoms with E-state index >= 15 is 0 Å². The Morgan fingerprint density at radius 2 is 2.11 bits per heavy atom. The lowest BCUT2D eigenvalue weighted by Crippen LogP contribution is -2.49. The average molecular weight is 257 g/mol. The van der Waals surface area contributed by atoms with Crippen LogP contribution < -0.4 is 0 Å². The minimum atomic E-state index is -0.685. The standard InChI is InChI=1S/C13H23NO4/c1-12(2,3)18-11(16)14-10(7-6-8-15)9-17-13(14,4)5/h8,10H,6-7,9H2,1-5H3/t10-/m0/s1. The molecule has 104 valence electrons. The first kappa shape index (κ1) is 15.0. The highest BCUT2D eigenvalue weighted by Crippen LogP contribution is 2.31. The lowest BCUT2D eigenvalue weighted by Gasteiger charge is -2.35. The Balaban J connectivity index is 2.78. The van der Waals surface area contributed by atoms with Crippen molar-refractivity contribution in [3.05, 3.63) is 0 Å². The first-order valence-corrected chi connectivity index (χ1v) is 6.27. The molecule has 1 fully saturated rings. The molecule has 0 unspecified atom stereocenters. The normalized spacial score (nSPS) is 22.9. The second-order valence-electron chi connectivity index (χ2n) is 6.01. The number of nitrogens with zero attached hydrogens (tertiary/aromatic N) is 1.